The smallest absolute Gasteiger partial charge is 0.329 e. The maximum atomic E-state index is 12.3. The Labute approximate surface area is 202 Å². The lowest BCUT2D eigenvalue weighted by atomic mass is 10.1. The Bertz CT molecular complexity index is 1240. The molecular weight excluding hydrogens is 456 g/mol. The highest BCUT2D eigenvalue weighted by atomic mass is 35.5. The molecule has 8 nitrogen and oxygen atoms in total. The van der Waals surface area contributed by atoms with Crippen molar-refractivity contribution >= 4 is 46.9 Å². The summed E-state index contributed by atoms with van der Waals surface area (Å²) < 4.78 is 5.62. The number of hydrogen-bond donors (Lipinski definition) is 3. The Kier molecular flexibility index (Phi) is 8.37. The van der Waals surface area contributed by atoms with Gasteiger partial charge < -0.3 is 15.4 Å². The second-order valence-electron chi connectivity index (χ2n) is 7.36. The van der Waals surface area contributed by atoms with Crippen molar-refractivity contribution in [3.8, 4) is 5.75 Å². The number of hydrazone groups is 1. The second-order valence-corrected chi connectivity index (χ2v) is 7.79. The van der Waals surface area contributed by atoms with Crippen LogP contribution in [0.15, 0.2) is 71.8 Å². The van der Waals surface area contributed by atoms with Gasteiger partial charge in [0.15, 0.2) is 6.61 Å². The van der Waals surface area contributed by atoms with E-state index in [-0.39, 0.29) is 12.5 Å². The molecule has 9 heteroatoms. The number of aryl methyl sites for hydroxylation is 2. The topological polar surface area (TPSA) is 109 Å². The highest BCUT2D eigenvalue weighted by Gasteiger charge is 2.13. The summed E-state index contributed by atoms with van der Waals surface area (Å²) in [5, 5.41) is 9.47. The van der Waals surface area contributed by atoms with E-state index in [0.29, 0.717) is 27.7 Å². The Balaban J connectivity index is 1.54. The number of halogens is 1. The van der Waals surface area contributed by atoms with Crippen LogP contribution in [0.3, 0.4) is 0 Å². The SMILES string of the molecule is Cc1ccc(NC(=O)COc2ccccc2/C=N\NC(=O)C(=O)Nc2cccc(Cl)c2)c(C)c1. The van der Waals surface area contributed by atoms with E-state index in [1.165, 1.54) is 12.3 Å². The fourth-order valence-electron chi connectivity index (χ4n) is 2.97. The Morgan fingerprint density at radius 1 is 0.941 bits per heavy atom. The van der Waals surface area contributed by atoms with Crippen molar-refractivity contribution in [3.63, 3.8) is 0 Å². The number of ether oxygens (including phenoxy) is 1. The van der Waals surface area contributed by atoms with Gasteiger partial charge in [-0.15, -0.1) is 0 Å². The lowest BCUT2D eigenvalue weighted by molar-refractivity contribution is -0.136. The molecule has 0 aromatic heterocycles. The number of hydrogen-bond acceptors (Lipinski definition) is 5. The van der Waals surface area contributed by atoms with E-state index in [1.54, 1.807) is 42.5 Å². The number of benzene rings is 3. The molecule has 34 heavy (non-hydrogen) atoms. The minimum atomic E-state index is -0.956. The maximum absolute atomic E-state index is 12.3. The number of para-hydroxylation sites is 1. The van der Waals surface area contributed by atoms with Gasteiger partial charge in [0.25, 0.3) is 5.91 Å². The number of carbonyl (C=O) groups is 3. The quantitative estimate of drug-likeness (QED) is 0.270. The Morgan fingerprint density at radius 3 is 2.50 bits per heavy atom. The van der Waals surface area contributed by atoms with Crippen molar-refractivity contribution in [3.05, 3.63) is 88.4 Å². The predicted molar refractivity (Wildman–Crippen MR) is 132 cm³/mol. The van der Waals surface area contributed by atoms with Crippen molar-refractivity contribution in [2.75, 3.05) is 17.2 Å². The van der Waals surface area contributed by atoms with Crippen molar-refractivity contribution in [2.45, 2.75) is 13.8 Å². The van der Waals surface area contributed by atoms with E-state index in [1.807, 2.05) is 32.0 Å². The van der Waals surface area contributed by atoms with E-state index < -0.39 is 11.8 Å². The minimum absolute atomic E-state index is 0.216. The van der Waals surface area contributed by atoms with Crippen LogP contribution in [0.1, 0.15) is 16.7 Å². The van der Waals surface area contributed by atoms with Crippen LogP contribution < -0.4 is 20.8 Å². The summed E-state index contributed by atoms with van der Waals surface area (Å²) >= 11 is 5.86. The molecule has 0 spiro atoms. The minimum Gasteiger partial charge on any atom is -0.483 e. The lowest BCUT2D eigenvalue weighted by Gasteiger charge is -2.11. The van der Waals surface area contributed by atoms with E-state index >= 15 is 0 Å². The van der Waals surface area contributed by atoms with Crippen LogP contribution in [-0.4, -0.2) is 30.5 Å². The summed E-state index contributed by atoms with van der Waals surface area (Å²) in [7, 11) is 0. The van der Waals surface area contributed by atoms with Crippen LogP contribution in [0.25, 0.3) is 0 Å². The van der Waals surface area contributed by atoms with Crippen LogP contribution in [0.5, 0.6) is 5.75 Å². The number of rotatable bonds is 7. The van der Waals surface area contributed by atoms with Gasteiger partial charge in [0.2, 0.25) is 0 Å². The third-order valence-electron chi connectivity index (χ3n) is 4.59. The van der Waals surface area contributed by atoms with Gasteiger partial charge >= 0.3 is 11.8 Å². The molecule has 0 atom stereocenters. The average molecular weight is 479 g/mol. The largest absolute Gasteiger partial charge is 0.483 e. The van der Waals surface area contributed by atoms with Crippen molar-refractivity contribution < 1.29 is 19.1 Å². The molecule has 0 saturated carbocycles. The molecule has 0 unspecified atom stereocenters. The summed E-state index contributed by atoms with van der Waals surface area (Å²) in [5.74, 6) is -1.78. The zero-order valence-corrected chi connectivity index (χ0v) is 19.3. The van der Waals surface area contributed by atoms with Gasteiger partial charge in [-0.3, -0.25) is 14.4 Å². The van der Waals surface area contributed by atoms with Gasteiger partial charge in [0.05, 0.1) is 6.21 Å². The fourth-order valence-corrected chi connectivity index (χ4v) is 3.16. The molecule has 3 aromatic rings. The highest BCUT2D eigenvalue weighted by molar-refractivity contribution is 6.39. The molecule has 0 aliphatic carbocycles. The van der Waals surface area contributed by atoms with Crippen molar-refractivity contribution in [1.29, 1.82) is 0 Å². The third kappa shape index (κ3) is 7.18. The first-order chi connectivity index (χ1) is 16.3. The van der Waals surface area contributed by atoms with Gasteiger partial charge in [-0.25, -0.2) is 5.43 Å². The van der Waals surface area contributed by atoms with Gasteiger partial charge in [-0.2, -0.15) is 5.10 Å². The van der Waals surface area contributed by atoms with E-state index in [0.717, 1.165) is 11.1 Å². The van der Waals surface area contributed by atoms with Crippen LogP contribution in [-0.2, 0) is 14.4 Å². The number of nitrogens with zero attached hydrogens (tertiary/aromatic N) is 1. The van der Waals surface area contributed by atoms with Gasteiger partial charge in [-0.05, 0) is 55.8 Å². The number of carbonyl (C=O) groups excluding carboxylic acids is 3. The first-order valence-corrected chi connectivity index (χ1v) is 10.7. The summed E-state index contributed by atoms with van der Waals surface area (Å²) in [4.78, 5) is 36.3. The first-order valence-electron chi connectivity index (χ1n) is 10.3. The number of anilines is 2. The molecule has 3 rings (SSSR count). The Morgan fingerprint density at radius 2 is 1.74 bits per heavy atom. The van der Waals surface area contributed by atoms with Gasteiger partial charge in [0.1, 0.15) is 5.75 Å². The third-order valence-corrected chi connectivity index (χ3v) is 4.83. The van der Waals surface area contributed by atoms with Gasteiger partial charge in [-0.1, -0.05) is 47.5 Å². The molecular formula is C25H23ClN4O4. The van der Waals surface area contributed by atoms with E-state index in [9.17, 15) is 14.4 Å². The molecule has 0 aliphatic heterocycles. The molecule has 0 fully saturated rings. The average Bonchev–Trinajstić information content (AvgIpc) is 2.80. The van der Waals surface area contributed by atoms with Crippen LogP contribution >= 0.6 is 11.6 Å². The number of nitrogens with one attached hydrogen (secondary N) is 3. The van der Waals surface area contributed by atoms with Crippen LogP contribution in [0.2, 0.25) is 5.02 Å². The molecule has 0 heterocycles. The summed E-state index contributed by atoms with van der Waals surface area (Å²) in [5.41, 5.74) is 5.82. The summed E-state index contributed by atoms with van der Waals surface area (Å²) in [6, 6.07) is 19.0. The molecule has 3 aromatic carbocycles. The maximum Gasteiger partial charge on any atom is 0.329 e. The number of amides is 3. The van der Waals surface area contributed by atoms with Crippen LogP contribution in [0.4, 0.5) is 11.4 Å². The highest BCUT2D eigenvalue weighted by Crippen LogP contribution is 2.18. The predicted octanol–water partition coefficient (Wildman–Crippen LogP) is 4.06. The molecule has 0 saturated heterocycles. The van der Waals surface area contributed by atoms with Crippen molar-refractivity contribution in [1.82, 2.24) is 5.43 Å². The van der Waals surface area contributed by atoms with Gasteiger partial charge in [0, 0.05) is 22.0 Å². The lowest BCUT2D eigenvalue weighted by Crippen LogP contribution is -2.32. The molecule has 3 amide bonds. The zero-order valence-electron chi connectivity index (χ0n) is 18.6. The molecule has 174 valence electrons. The standard InChI is InChI=1S/C25H23ClN4O4/c1-16-10-11-21(17(2)12-16)29-23(31)15-34-22-9-4-3-6-18(22)14-27-30-25(33)24(32)28-20-8-5-7-19(26)13-20/h3-14H,15H2,1-2H3,(H,28,32)(H,29,31)(H,30,33)/b27-14-. The molecule has 0 radical (unpaired) electrons. The Hall–Kier alpha value is -4.17. The second kappa shape index (κ2) is 11.6. The van der Waals surface area contributed by atoms with Crippen LogP contribution in [0, 0.1) is 13.8 Å². The summed E-state index contributed by atoms with van der Waals surface area (Å²) in [6.45, 7) is 3.68. The molecule has 0 bridgehead atoms. The normalized spacial score (nSPS) is 10.6. The van der Waals surface area contributed by atoms with E-state index in [4.69, 9.17) is 16.3 Å². The fraction of sp³-hybridized carbons (Fsp3) is 0.120. The monoisotopic (exact) mass is 478 g/mol. The zero-order chi connectivity index (χ0) is 24.5. The first kappa shape index (κ1) is 24.5. The molecule has 0 aliphatic rings. The summed E-state index contributed by atoms with van der Waals surface area (Å²) in [6.07, 6.45) is 1.32. The molecule has 3 N–H and O–H groups in total. The van der Waals surface area contributed by atoms with E-state index in [2.05, 4.69) is 21.2 Å². The van der Waals surface area contributed by atoms with Crippen molar-refractivity contribution in [2.24, 2.45) is 5.10 Å².